The third-order valence-corrected chi connectivity index (χ3v) is 2.21. The van der Waals surface area contributed by atoms with Crippen LogP contribution in [0.4, 0.5) is 0 Å². The summed E-state index contributed by atoms with van der Waals surface area (Å²) >= 11 is 0. The van der Waals surface area contributed by atoms with Crippen molar-refractivity contribution in [1.82, 2.24) is 4.98 Å². The number of nitrogens with zero attached hydrogens (tertiary/aromatic N) is 1. The van der Waals surface area contributed by atoms with Crippen LogP contribution in [-0.4, -0.2) is 23.8 Å². The van der Waals surface area contributed by atoms with Crippen molar-refractivity contribution in [2.24, 2.45) is 5.92 Å². The van der Waals surface area contributed by atoms with Crippen LogP contribution in [0.15, 0.2) is 23.8 Å². The van der Waals surface area contributed by atoms with Crippen molar-refractivity contribution in [3.63, 3.8) is 0 Å². The third kappa shape index (κ3) is 3.36. The highest BCUT2D eigenvalue weighted by Crippen LogP contribution is 2.14. The smallest absolute Gasteiger partial charge is 0.213 e. The molecule has 0 radical (unpaired) electrons. The molecule has 15 heavy (non-hydrogen) atoms. The summed E-state index contributed by atoms with van der Waals surface area (Å²) in [6.45, 7) is 4.15. The van der Waals surface area contributed by atoms with Gasteiger partial charge in [0.05, 0.1) is 19.4 Å². The van der Waals surface area contributed by atoms with Gasteiger partial charge >= 0.3 is 0 Å². The van der Waals surface area contributed by atoms with Gasteiger partial charge in [-0.05, 0) is 23.6 Å². The Kier molecular flexibility index (Phi) is 4.31. The highest BCUT2D eigenvalue weighted by molar-refractivity contribution is 5.50. The van der Waals surface area contributed by atoms with Crippen LogP contribution in [0.3, 0.4) is 0 Å². The van der Waals surface area contributed by atoms with E-state index in [-0.39, 0.29) is 6.61 Å². The highest BCUT2D eigenvalue weighted by atomic mass is 16.5. The summed E-state index contributed by atoms with van der Waals surface area (Å²) in [4.78, 5) is 4.25. The lowest BCUT2D eigenvalue weighted by Crippen LogP contribution is -1.99. The minimum absolute atomic E-state index is 0.0660. The van der Waals surface area contributed by atoms with Crippen molar-refractivity contribution in [3.05, 3.63) is 29.5 Å². The predicted molar refractivity (Wildman–Crippen MR) is 60.7 cm³/mol. The summed E-state index contributed by atoms with van der Waals surface area (Å²) in [5.74, 6) is 0.910. The number of methoxy groups -OCH3 is 1. The molecule has 3 nitrogen and oxygen atoms in total. The predicted octanol–water partition coefficient (Wildman–Crippen LogP) is 2.12. The van der Waals surface area contributed by atoms with Crippen LogP contribution in [0.25, 0.3) is 6.08 Å². The van der Waals surface area contributed by atoms with Gasteiger partial charge in [0.15, 0.2) is 0 Å². The number of pyridine rings is 1. The fourth-order valence-corrected chi connectivity index (χ4v) is 1.21. The van der Waals surface area contributed by atoms with Gasteiger partial charge in [-0.15, -0.1) is 0 Å². The number of hydrogen-bond acceptors (Lipinski definition) is 3. The Morgan fingerprint density at radius 1 is 1.53 bits per heavy atom. The van der Waals surface area contributed by atoms with Gasteiger partial charge in [-0.3, -0.25) is 0 Å². The Bertz CT molecular complexity index is 345. The maximum Gasteiger partial charge on any atom is 0.213 e. The summed E-state index contributed by atoms with van der Waals surface area (Å²) in [6.07, 6.45) is 1.90. The second-order valence-corrected chi connectivity index (χ2v) is 3.64. The first-order valence-electron chi connectivity index (χ1n) is 4.99. The molecule has 0 spiro atoms. The van der Waals surface area contributed by atoms with Crippen LogP contribution in [-0.2, 0) is 0 Å². The van der Waals surface area contributed by atoms with E-state index in [4.69, 9.17) is 9.84 Å². The number of aliphatic hydroxyl groups excluding tert-OH is 1. The van der Waals surface area contributed by atoms with Gasteiger partial charge < -0.3 is 9.84 Å². The molecule has 3 heteroatoms. The first-order valence-corrected chi connectivity index (χ1v) is 4.99. The Labute approximate surface area is 90.4 Å². The zero-order valence-corrected chi connectivity index (χ0v) is 9.40. The lowest BCUT2D eigenvalue weighted by molar-refractivity contribution is 0.320. The van der Waals surface area contributed by atoms with Gasteiger partial charge in [-0.1, -0.05) is 19.9 Å². The standard InChI is InChI=1S/C12H17NO2/c1-9(2)10(8-14)7-11-5-4-6-12(13-11)15-3/h4-7,9,14H,8H2,1-3H3/b10-7-. The van der Waals surface area contributed by atoms with E-state index in [0.29, 0.717) is 11.8 Å². The van der Waals surface area contributed by atoms with E-state index in [1.165, 1.54) is 0 Å². The van der Waals surface area contributed by atoms with E-state index >= 15 is 0 Å². The monoisotopic (exact) mass is 207 g/mol. The number of aliphatic hydroxyl groups is 1. The SMILES string of the molecule is COc1cccc(/C=C(/CO)C(C)C)n1. The fraction of sp³-hybridized carbons (Fsp3) is 0.417. The molecule has 0 bridgehead atoms. The van der Waals surface area contributed by atoms with Gasteiger partial charge in [-0.25, -0.2) is 4.98 Å². The lowest BCUT2D eigenvalue weighted by Gasteiger charge is -2.07. The van der Waals surface area contributed by atoms with E-state index in [9.17, 15) is 0 Å². The Morgan fingerprint density at radius 2 is 2.27 bits per heavy atom. The normalized spacial score (nSPS) is 11.9. The molecule has 1 aromatic rings. The first kappa shape index (κ1) is 11.7. The Hall–Kier alpha value is -1.35. The molecule has 0 saturated heterocycles. The zero-order valence-electron chi connectivity index (χ0n) is 9.40. The van der Waals surface area contributed by atoms with Crippen LogP contribution in [0, 0.1) is 5.92 Å². The van der Waals surface area contributed by atoms with E-state index in [2.05, 4.69) is 4.98 Å². The summed E-state index contributed by atoms with van der Waals surface area (Å²) in [5.41, 5.74) is 1.78. The number of hydrogen-bond donors (Lipinski definition) is 1. The maximum absolute atomic E-state index is 9.16. The van der Waals surface area contributed by atoms with Crippen molar-refractivity contribution in [2.45, 2.75) is 13.8 Å². The molecule has 1 N–H and O–H groups in total. The van der Waals surface area contributed by atoms with Crippen LogP contribution in [0.5, 0.6) is 5.88 Å². The topological polar surface area (TPSA) is 42.4 Å². The molecule has 0 aliphatic heterocycles. The van der Waals surface area contributed by atoms with E-state index < -0.39 is 0 Å². The fourth-order valence-electron chi connectivity index (χ4n) is 1.21. The van der Waals surface area contributed by atoms with Gasteiger partial charge in [0.25, 0.3) is 0 Å². The molecular weight excluding hydrogens is 190 g/mol. The minimum Gasteiger partial charge on any atom is -0.481 e. The van der Waals surface area contributed by atoms with Crippen molar-refractivity contribution in [1.29, 1.82) is 0 Å². The summed E-state index contributed by atoms with van der Waals surface area (Å²) in [6, 6.07) is 5.57. The molecule has 0 aromatic carbocycles. The van der Waals surface area contributed by atoms with Gasteiger partial charge in [-0.2, -0.15) is 0 Å². The quantitative estimate of drug-likeness (QED) is 0.822. The third-order valence-electron chi connectivity index (χ3n) is 2.21. The van der Waals surface area contributed by atoms with Crippen LogP contribution in [0.1, 0.15) is 19.5 Å². The summed E-state index contributed by atoms with van der Waals surface area (Å²) in [7, 11) is 1.59. The molecule has 0 unspecified atom stereocenters. The maximum atomic E-state index is 9.16. The minimum atomic E-state index is 0.0660. The molecule has 0 amide bonds. The first-order chi connectivity index (χ1) is 7.17. The molecule has 0 aliphatic rings. The average molecular weight is 207 g/mol. The Morgan fingerprint density at radius 3 is 2.80 bits per heavy atom. The Balaban J connectivity index is 2.95. The summed E-state index contributed by atoms with van der Waals surface area (Å²) < 4.78 is 5.03. The molecule has 82 valence electrons. The van der Waals surface area contributed by atoms with Crippen molar-refractivity contribution < 1.29 is 9.84 Å². The number of ether oxygens (including phenoxy) is 1. The van der Waals surface area contributed by atoms with E-state index in [1.807, 2.05) is 32.1 Å². The molecule has 0 atom stereocenters. The molecule has 0 saturated carbocycles. The molecule has 1 aromatic heterocycles. The zero-order chi connectivity index (χ0) is 11.3. The van der Waals surface area contributed by atoms with Crippen LogP contribution in [0.2, 0.25) is 0 Å². The second kappa shape index (κ2) is 5.51. The van der Waals surface area contributed by atoms with Gasteiger partial charge in [0.1, 0.15) is 0 Å². The van der Waals surface area contributed by atoms with Crippen molar-refractivity contribution >= 4 is 6.08 Å². The van der Waals surface area contributed by atoms with Crippen LogP contribution >= 0.6 is 0 Å². The van der Waals surface area contributed by atoms with Gasteiger partial charge in [0.2, 0.25) is 5.88 Å². The molecule has 0 aliphatic carbocycles. The van der Waals surface area contributed by atoms with E-state index in [1.54, 1.807) is 13.2 Å². The largest absolute Gasteiger partial charge is 0.481 e. The lowest BCUT2D eigenvalue weighted by atomic mass is 10.0. The molecular formula is C12H17NO2. The molecule has 1 heterocycles. The second-order valence-electron chi connectivity index (χ2n) is 3.64. The van der Waals surface area contributed by atoms with Gasteiger partial charge in [0, 0.05) is 6.07 Å². The number of rotatable bonds is 4. The molecule has 0 fully saturated rings. The summed E-state index contributed by atoms with van der Waals surface area (Å²) in [5, 5.41) is 9.16. The van der Waals surface area contributed by atoms with Crippen LogP contribution < -0.4 is 4.74 Å². The average Bonchev–Trinajstić information content (AvgIpc) is 2.25. The molecule has 1 rings (SSSR count). The highest BCUT2D eigenvalue weighted by Gasteiger charge is 2.02. The van der Waals surface area contributed by atoms with Crippen molar-refractivity contribution in [3.8, 4) is 5.88 Å². The van der Waals surface area contributed by atoms with E-state index in [0.717, 1.165) is 11.3 Å². The van der Waals surface area contributed by atoms with Crippen molar-refractivity contribution in [2.75, 3.05) is 13.7 Å². The number of aromatic nitrogens is 1.